The van der Waals surface area contributed by atoms with E-state index < -0.39 is 13.4 Å². The normalized spacial score (nSPS) is 11.9. The Morgan fingerprint density at radius 2 is 1.74 bits per heavy atom. The van der Waals surface area contributed by atoms with Crippen LogP contribution in [0, 0.1) is 11.8 Å². The van der Waals surface area contributed by atoms with Crippen molar-refractivity contribution in [1.82, 2.24) is 5.32 Å². The van der Waals surface area contributed by atoms with E-state index in [4.69, 9.17) is 4.74 Å². The summed E-state index contributed by atoms with van der Waals surface area (Å²) in [6.07, 6.45) is 2.98. The Balaban J connectivity index is 1.56. The molecule has 3 rings (SSSR count). The number of thioether (sulfide) groups is 1. The summed E-state index contributed by atoms with van der Waals surface area (Å²) in [7, 11) is -4.42. The zero-order valence-electron chi connectivity index (χ0n) is 19.4. The number of hydrogen-bond acceptors (Lipinski definition) is 5. The van der Waals surface area contributed by atoms with Crippen molar-refractivity contribution < 1.29 is 23.9 Å². The highest BCUT2D eigenvalue weighted by Gasteiger charge is 2.29. The van der Waals surface area contributed by atoms with Crippen LogP contribution < -0.4 is 10.1 Å². The van der Waals surface area contributed by atoms with Crippen molar-refractivity contribution in [3.05, 3.63) is 101 Å². The standard InChI is InChI=1S/C27H28NO5PS/c1-35-26(29)17-12-22-10-5-9-21(19-22)11-6-18-33-25-15-13-24(14-16-25)27(34(30,31)32)28-20-23-7-3-2-4-8-23/h2-5,7-10,13-16,19,27-28H,12,17-18,20H2,1H3,(H2,30,31,32). The molecule has 1 atom stereocenters. The lowest BCUT2D eigenvalue weighted by molar-refractivity contribution is -0.110. The lowest BCUT2D eigenvalue weighted by Crippen LogP contribution is -2.21. The van der Waals surface area contributed by atoms with Crippen LogP contribution in [-0.2, 0) is 22.3 Å². The number of benzene rings is 3. The Morgan fingerprint density at radius 1 is 1.03 bits per heavy atom. The van der Waals surface area contributed by atoms with Crippen molar-refractivity contribution in [2.24, 2.45) is 0 Å². The average Bonchev–Trinajstić information content (AvgIpc) is 2.86. The number of ether oxygens (including phenoxy) is 1. The van der Waals surface area contributed by atoms with Crippen LogP contribution in [0.2, 0.25) is 0 Å². The lowest BCUT2D eigenvalue weighted by Gasteiger charge is -2.20. The first-order chi connectivity index (χ1) is 16.8. The molecule has 3 aromatic rings. The average molecular weight is 510 g/mol. The third-order valence-electron chi connectivity index (χ3n) is 5.19. The molecule has 0 aliphatic carbocycles. The van der Waals surface area contributed by atoms with Gasteiger partial charge in [-0.25, -0.2) is 0 Å². The van der Waals surface area contributed by atoms with Crippen LogP contribution in [0.15, 0.2) is 78.9 Å². The number of aryl methyl sites for hydroxylation is 1. The summed E-state index contributed by atoms with van der Waals surface area (Å²) >= 11 is 1.24. The smallest absolute Gasteiger partial charge is 0.346 e. The van der Waals surface area contributed by atoms with Gasteiger partial charge in [-0.3, -0.25) is 14.7 Å². The van der Waals surface area contributed by atoms with Crippen LogP contribution >= 0.6 is 19.4 Å². The molecule has 0 saturated carbocycles. The third kappa shape index (κ3) is 9.03. The van der Waals surface area contributed by atoms with Crippen LogP contribution in [0.25, 0.3) is 0 Å². The molecule has 8 heteroatoms. The summed E-state index contributed by atoms with van der Waals surface area (Å²) in [4.78, 5) is 31.2. The third-order valence-corrected chi connectivity index (χ3v) is 7.00. The van der Waals surface area contributed by atoms with Gasteiger partial charge in [0, 0.05) is 18.5 Å². The van der Waals surface area contributed by atoms with Gasteiger partial charge in [-0.05, 0) is 53.6 Å². The minimum absolute atomic E-state index is 0.167. The predicted molar refractivity (Wildman–Crippen MR) is 140 cm³/mol. The maximum Gasteiger partial charge on any atom is 0.346 e. The Labute approximate surface area is 210 Å². The molecule has 182 valence electrons. The van der Waals surface area contributed by atoms with Gasteiger partial charge in [0.05, 0.1) is 0 Å². The first-order valence-corrected chi connectivity index (χ1v) is 14.0. The first kappa shape index (κ1) is 26.7. The molecule has 0 amide bonds. The van der Waals surface area contributed by atoms with Crippen molar-refractivity contribution in [2.75, 3.05) is 12.9 Å². The molecule has 0 aliphatic rings. The molecule has 35 heavy (non-hydrogen) atoms. The quantitative estimate of drug-likeness (QED) is 0.264. The van der Waals surface area contributed by atoms with Crippen molar-refractivity contribution in [2.45, 2.75) is 25.2 Å². The highest BCUT2D eigenvalue weighted by Crippen LogP contribution is 2.50. The van der Waals surface area contributed by atoms with Crippen LogP contribution in [-0.4, -0.2) is 27.8 Å². The maximum absolute atomic E-state index is 12.1. The SMILES string of the molecule is CSC(=O)CCc1cccc(C#CCOc2ccc(C(NCc3ccccc3)P(=O)(O)O)cc2)c1. The molecule has 0 radical (unpaired) electrons. The van der Waals surface area contributed by atoms with Gasteiger partial charge >= 0.3 is 7.60 Å². The summed E-state index contributed by atoms with van der Waals surface area (Å²) < 4.78 is 17.7. The topological polar surface area (TPSA) is 95.9 Å². The fraction of sp³-hybridized carbons (Fsp3) is 0.222. The van der Waals surface area contributed by atoms with E-state index in [1.54, 1.807) is 30.5 Å². The van der Waals surface area contributed by atoms with Crippen LogP contribution in [0.5, 0.6) is 5.75 Å². The molecule has 0 aromatic heterocycles. The maximum atomic E-state index is 12.1. The van der Waals surface area contributed by atoms with Gasteiger partial charge in [0.15, 0.2) is 5.12 Å². The van der Waals surface area contributed by atoms with E-state index in [2.05, 4.69) is 17.2 Å². The summed E-state index contributed by atoms with van der Waals surface area (Å²) in [5, 5.41) is 3.13. The molecule has 0 spiro atoms. The fourth-order valence-corrected chi connectivity index (χ4v) is 4.59. The molecule has 6 nitrogen and oxygen atoms in total. The highest BCUT2D eigenvalue weighted by molar-refractivity contribution is 8.13. The molecule has 0 bridgehead atoms. The van der Waals surface area contributed by atoms with E-state index in [0.29, 0.717) is 30.7 Å². The van der Waals surface area contributed by atoms with E-state index in [9.17, 15) is 19.1 Å². The Hall–Kier alpha value is -2.85. The van der Waals surface area contributed by atoms with Gasteiger partial charge in [0.1, 0.15) is 18.1 Å². The van der Waals surface area contributed by atoms with E-state index in [-0.39, 0.29) is 11.7 Å². The number of carbonyl (C=O) groups excluding carboxylic acids is 1. The van der Waals surface area contributed by atoms with Gasteiger partial charge in [0.2, 0.25) is 0 Å². The highest BCUT2D eigenvalue weighted by atomic mass is 32.2. The Morgan fingerprint density at radius 3 is 2.43 bits per heavy atom. The molecule has 0 heterocycles. The summed E-state index contributed by atoms with van der Waals surface area (Å²) in [6, 6.07) is 23.9. The first-order valence-electron chi connectivity index (χ1n) is 11.0. The zero-order chi connectivity index (χ0) is 25.1. The zero-order valence-corrected chi connectivity index (χ0v) is 21.1. The van der Waals surface area contributed by atoms with Crippen LogP contribution in [0.4, 0.5) is 0 Å². The largest absolute Gasteiger partial charge is 0.481 e. The number of rotatable bonds is 10. The van der Waals surface area contributed by atoms with Crippen molar-refractivity contribution in [1.29, 1.82) is 0 Å². The molecule has 0 saturated heterocycles. The van der Waals surface area contributed by atoms with E-state index in [1.165, 1.54) is 11.8 Å². The second kappa shape index (κ2) is 13.3. The van der Waals surface area contributed by atoms with Crippen molar-refractivity contribution in [3.8, 4) is 17.6 Å². The Kier molecular flexibility index (Phi) is 10.2. The molecule has 1 unspecified atom stereocenters. The van der Waals surface area contributed by atoms with Crippen molar-refractivity contribution >= 4 is 24.5 Å². The minimum Gasteiger partial charge on any atom is -0.481 e. The molecule has 3 aromatic carbocycles. The summed E-state index contributed by atoms with van der Waals surface area (Å²) in [5.74, 6) is 5.47. The van der Waals surface area contributed by atoms with E-state index in [0.717, 1.165) is 16.7 Å². The van der Waals surface area contributed by atoms with Gasteiger partial charge in [-0.15, -0.1) is 0 Å². The monoisotopic (exact) mass is 509 g/mol. The molecular formula is C27H28NO5PS. The Bertz CT molecular complexity index is 1220. The lowest BCUT2D eigenvalue weighted by atomic mass is 10.1. The summed E-state index contributed by atoms with van der Waals surface area (Å²) in [5.41, 5.74) is 3.33. The molecule has 0 fully saturated rings. The fourth-order valence-electron chi connectivity index (χ4n) is 3.40. The van der Waals surface area contributed by atoms with Crippen molar-refractivity contribution in [3.63, 3.8) is 0 Å². The second-order valence-electron chi connectivity index (χ2n) is 7.79. The summed E-state index contributed by atoms with van der Waals surface area (Å²) in [6.45, 7) is 0.502. The van der Waals surface area contributed by atoms with Crippen LogP contribution in [0.1, 0.15) is 34.5 Å². The van der Waals surface area contributed by atoms with E-state index >= 15 is 0 Å². The second-order valence-corrected chi connectivity index (χ2v) is 10.4. The van der Waals surface area contributed by atoms with Gasteiger partial charge in [-0.2, -0.15) is 0 Å². The molecule has 3 N–H and O–H groups in total. The molecule has 0 aliphatic heterocycles. The van der Waals surface area contributed by atoms with Gasteiger partial charge in [0.25, 0.3) is 0 Å². The number of hydrogen-bond donors (Lipinski definition) is 3. The van der Waals surface area contributed by atoms with Crippen LogP contribution in [0.3, 0.4) is 0 Å². The minimum atomic E-state index is -4.42. The van der Waals surface area contributed by atoms with E-state index in [1.807, 2.05) is 54.6 Å². The molecular weight excluding hydrogens is 481 g/mol. The van der Waals surface area contributed by atoms with Gasteiger partial charge < -0.3 is 14.5 Å². The number of nitrogens with one attached hydrogen (secondary N) is 1. The predicted octanol–water partition coefficient (Wildman–Crippen LogP) is 4.91. The number of carbonyl (C=O) groups is 1. The van der Waals surface area contributed by atoms with Gasteiger partial charge in [-0.1, -0.05) is 78.2 Å².